The molecule has 0 spiro atoms. The molecule has 132 valence electrons. The molecule has 1 aliphatic heterocycles. The van der Waals surface area contributed by atoms with Crippen LogP contribution in [0.1, 0.15) is 31.4 Å². The third-order valence-electron chi connectivity index (χ3n) is 3.28. The maximum Gasteiger partial charge on any atom is 0.355 e. The van der Waals surface area contributed by atoms with Crippen LogP contribution in [0.2, 0.25) is 0 Å². The molecule has 1 aromatic rings. The predicted molar refractivity (Wildman–Crippen MR) is 87.3 cm³/mol. The van der Waals surface area contributed by atoms with Crippen molar-refractivity contribution in [1.29, 1.82) is 0 Å². The Hall–Kier alpha value is -3.23. The highest BCUT2D eigenvalue weighted by atomic mass is 16.5. The molecule has 1 heterocycles. The Morgan fingerprint density at radius 2 is 1.96 bits per heavy atom. The molecule has 9 nitrogen and oxygen atoms in total. The number of hydrazone groups is 1. The van der Waals surface area contributed by atoms with Gasteiger partial charge >= 0.3 is 12.0 Å². The summed E-state index contributed by atoms with van der Waals surface area (Å²) < 4.78 is 5.24. The molecule has 0 bridgehead atoms. The third-order valence-corrected chi connectivity index (χ3v) is 3.28. The molecule has 0 radical (unpaired) electrons. The summed E-state index contributed by atoms with van der Waals surface area (Å²) in [6.07, 6.45) is -1.10. The van der Waals surface area contributed by atoms with Crippen LogP contribution in [0.3, 0.4) is 0 Å². The lowest BCUT2D eigenvalue weighted by atomic mass is 10.1. The second-order valence-corrected chi connectivity index (χ2v) is 5.14. The fourth-order valence-corrected chi connectivity index (χ4v) is 2.08. The van der Waals surface area contributed by atoms with Crippen LogP contribution in [-0.4, -0.2) is 36.1 Å². The van der Waals surface area contributed by atoms with Crippen molar-refractivity contribution in [1.82, 2.24) is 16.1 Å². The average Bonchev–Trinajstić information content (AvgIpc) is 2.61. The Labute approximate surface area is 143 Å². The quantitative estimate of drug-likeness (QED) is 0.665. The van der Waals surface area contributed by atoms with Crippen LogP contribution in [0.15, 0.2) is 35.4 Å². The molecule has 0 aromatic heterocycles. The van der Waals surface area contributed by atoms with E-state index in [2.05, 4.69) is 21.2 Å². The number of rotatable bonds is 5. The molecular weight excluding hydrogens is 328 g/mol. The summed E-state index contributed by atoms with van der Waals surface area (Å²) in [6.45, 7) is 2.04. The monoisotopic (exact) mass is 346 g/mol. The van der Waals surface area contributed by atoms with Crippen LogP contribution in [0.4, 0.5) is 4.79 Å². The standard InChI is InChI=1S/C16H18N4O5/c1-2-17-16(24)18-14(22)13(10-6-4-3-5-7-10)25-15(23)11-8-9-12(21)20-19-11/h3-7,13H,2,8-9H2,1H3,(H,20,21)(H2,17,18,22,24)/t13-/m1/s1. The minimum atomic E-state index is -1.32. The van der Waals surface area contributed by atoms with E-state index in [0.29, 0.717) is 12.1 Å². The fraction of sp³-hybridized carbons (Fsp3) is 0.312. The van der Waals surface area contributed by atoms with Gasteiger partial charge in [0.1, 0.15) is 5.71 Å². The Morgan fingerprint density at radius 3 is 2.56 bits per heavy atom. The van der Waals surface area contributed by atoms with Crippen LogP contribution in [0.5, 0.6) is 0 Å². The summed E-state index contributed by atoms with van der Waals surface area (Å²) >= 11 is 0. The van der Waals surface area contributed by atoms with Crippen LogP contribution >= 0.6 is 0 Å². The van der Waals surface area contributed by atoms with Crippen LogP contribution < -0.4 is 16.1 Å². The van der Waals surface area contributed by atoms with Gasteiger partial charge in [0, 0.05) is 24.9 Å². The lowest BCUT2D eigenvalue weighted by Crippen LogP contribution is -2.43. The predicted octanol–water partition coefficient (Wildman–Crippen LogP) is 0.383. The maximum atomic E-state index is 12.3. The first-order chi connectivity index (χ1) is 12.0. The molecule has 9 heteroatoms. The molecule has 1 atom stereocenters. The van der Waals surface area contributed by atoms with Gasteiger partial charge in [0.15, 0.2) is 0 Å². The van der Waals surface area contributed by atoms with Crippen molar-refractivity contribution in [3.8, 4) is 0 Å². The molecule has 3 N–H and O–H groups in total. The van der Waals surface area contributed by atoms with Gasteiger partial charge in [-0.2, -0.15) is 5.10 Å². The summed E-state index contributed by atoms with van der Waals surface area (Å²) in [6, 6.07) is 7.60. The van der Waals surface area contributed by atoms with E-state index in [4.69, 9.17) is 4.74 Å². The summed E-state index contributed by atoms with van der Waals surface area (Å²) in [5.41, 5.74) is 2.59. The number of imide groups is 1. The Balaban J connectivity index is 2.14. The van der Waals surface area contributed by atoms with E-state index in [-0.39, 0.29) is 24.5 Å². The van der Waals surface area contributed by atoms with Gasteiger partial charge in [-0.15, -0.1) is 0 Å². The number of urea groups is 1. The summed E-state index contributed by atoms with van der Waals surface area (Å²) in [4.78, 5) is 47.2. The first-order valence-corrected chi connectivity index (χ1v) is 7.71. The number of benzene rings is 1. The number of hydrogen-bond acceptors (Lipinski definition) is 6. The zero-order valence-corrected chi connectivity index (χ0v) is 13.6. The van der Waals surface area contributed by atoms with E-state index in [1.807, 2.05) is 0 Å². The highest BCUT2D eigenvalue weighted by Gasteiger charge is 2.29. The van der Waals surface area contributed by atoms with Gasteiger partial charge < -0.3 is 10.1 Å². The van der Waals surface area contributed by atoms with E-state index < -0.39 is 24.0 Å². The van der Waals surface area contributed by atoms with Gasteiger partial charge in [-0.1, -0.05) is 30.3 Å². The molecule has 25 heavy (non-hydrogen) atoms. The van der Waals surface area contributed by atoms with Crippen molar-refractivity contribution < 1.29 is 23.9 Å². The highest BCUT2D eigenvalue weighted by Crippen LogP contribution is 2.19. The molecule has 1 aromatic carbocycles. The molecular formula is C16H18N4O5. The van der Waals surface area contributed by atoms with Gasteiger partial charge in [0.25, 0.3) is 5.91 Å². The number of hydrogen-bond donors (Lipinski definition) is 3. The molecule has 0 fully saturated rings. The number of carbonyl (C=O) groups excluding carboxylic acids is 4. The maximum absolute atomic E-state index is 12.3. The zero-order chi connectivity index (χ0) is 18.2. The van der Waals surface area contributed by atoms with Crippen LogP contribution in [0, 0.1) is 0 Å². The van der Waals surface area contributed by atoms with Gasteiger partial charge in [0.05, 0.1) is 0 Å². The molecule has 0 saturated carbocycles. The summed E-state index contributed by atoms with van der Waals surface area (Å²) in [7, 11) is 0. The number of ether oxygens (including phenoxy) is 1. The van der Waals surface area contributed by atoms with E-state index in [9.17, 15) is 19.2 Å². The minimum absolute atomic E-state index is 0.00587. The number of nitrogens with zero attached hydrogens (tertiary/aromatic N) is 1. The normalized spacial score (nSPS) is 14.6. The van der Waals surface area contributed by atoms with Crippen molar-refractivity contribution >= 4 is 29.5 Å². The first-order valence-electron chi connectivity index (χ1n) is 7.71. The zero-order valence-electron chi connectivity index (χ0n) is 13.6. The molecule has 0 saturated heterocycles. The first kappa shape index (κ1) is 18.1. The average molecular weight is 346 g/mol. The largest absolute Gasteiger partial charge is 0.443 e. The number of esters is 1. The van der Waals surface area contributed by atoms with Crippen LogP contribution in [0.25, 0.3) is 0 Å². The SMILES string of the molecule is CCNC(=O)NC(=O)[C@H](OC(=O)C1=NNC(=O)CC1)c1ccccc1. The van der Waals surface area contributed by atoms with E-state index in [1.165, 1.54) is 0 Å². The lowest BCUT2D eigenvalue weighted by molar-refractivity contribution is -0.150. The number of amides is 4. The molecule has 1 aliphatic rings. The molecule has 4 amide bonds. The van der Waals surface area contributed by atoms with E-state index in [1.54, 1.807) is 37.3 Å². The molecule has 2 rings (SSSR count). The second-order valence-electron chi connectivity index (χ2n) is 5.14. The number of carbonyl (C=O) groups is 4. The Kier molecular flexibility index (Phi) is 6.21. The highest BCUT2D eigenvalue weighted by molar-refractivity contribution is 6.37. The minimum Gasteiger partial charge on any atom is -0.443 e. The van der Waals surface area contributed by atoms with Gasteiger partial charge in [-0.05, 0) is 6.92 Å². The Morgan fingerprint density at radius 1 is 1.24 bits per heavy atom. The topological polar surface area (TPSA) is 126 Å². The van der Waals surface area contributed by atoms with Crippen molar-refractivity contribution in [2.45, 2.75) is 25.9 Å². The van der Waals surface area contributed by atoms with Crippen molar-refractivity contribution in [2.24, 2.45) is 5.10 Å². The van der Waals surface area contributed by atoms with Gasteiger partial charge in [0.2, 0.25) is 12.0 Å². The summed E-state index contributed by atoms with van der Waals surface area (Å²) in [5, 5.41) is 8.18. The van der Waals surface area contributed by atoms with Crippen molar-refractivity contribution in [3.63, 3.8) is 0 Å². The van der Waals surface area contributed by atoms with E-state index >= 15 is 0 Å². The van der Waals surface area contributed by atoms with Gasteiger partial charge in [-0.3, -0.25) is 14.9 Å². The smallest absolute Gasteiger partial charge is 0.355 e. The third kappa shape index (κ3) is 5.13. The number of nitrogens with one attached hydrogen (secondary N) is 3. The van der Waals surface area contributed by atoms with Gasteiger partial charge in [-0.25, -0.2) is 15.0 Å². The molecule has 0 unspecified atom stereocenters. The van der Waals surface area contributed by atoms with E-state index in [0.717, 1.165) is 0 Å². The lowest BCUT2D eigenvalue weighted by Gasteiger charge is -2.19. The van der Waals surface area contributed by atoms with Crippen LogP contribution in [-0.2, 0) is 19.1 Å². The summed E-state index contributed by atoms with van der Waals surface area (Å²) in [5.74, 6) is -1.92. The fourth-order valence-electron chi connectivity index (χ4n) is 2.08. The Bertz CT molecular complexity index is 702. The van der Waals surface area contributed by atoms with Crippen molar-refractivity contribution in [3.05, 3.63) is 35.9 Å². The van der Waals surface area contributed by atoms with Crippen molar-refractivity contribution in [2.75, 3.05) is 6.54 Å². The second kappa shape index (κ2) is 8.57. The molecule has 0 aliphatic carbocycles.